The highest BCUT2D eigenvalue weighted by Gasteiger charge is 2.26. The number of benzene rings is 2. The van der Waals surface area contributed by atoms with E-state index in [4.69, 9.17) is 14.4 Å². The highest BCUT2D eigenvalue weighted by molar-refractivity contribution is 5.67. The lowest BCUT2D eigenvalue weighted by molar-refractivity contribution is 0.0864. The van der Waals surface area contributed by atoms with Crippen LogP contribution in [0.25, 0.3) is 22.8 Å². The minimum Gasteiger partial charge on any atom is -0.490 e. The van der Waals surface area contributed by atoms with E-state index in [-0.39, 0.29) is 18.8 Å². The van der Waals surface area contributed by atoms with Gasteiger partial charge in [-0.15, -0.1) is 0 Å². The van der Waals surface area contributed by atoms with Gasteiger partial charge in [0.05, 0.1) is 24.4 Å². The molecule has 2 aromatic carbocycles. The van der Waals surface area contributed by atoms with Crippen molar-refractivity contribution >= 4 is 0 Å². The Balaban J connectivity index is 1.51. The zero-order chi connectivity index (χ0) is 24.1. The molecule has 4 rings (SSSR count). The number of nitrogens with zero attached hydrogens (tertiary/aromatic N) is 3. The van der Waals surface area contributed by atoms with Crippen LogP contribution in [-0.2, 0) is 6.42 Å². The lowest BCUT2D eigenvalue weighted by atomic mass is 10.0. The molecular weight excluding hydrogens is 432 g/mol. The highest BCUT2D eigenvalue weighted by Crippen LogP contribution is 2.37. The summed E-state index contributed by atoms with van der Waals surface area (Å²) in [6.45, 7) is 4.41. The van der Waals surface area contributed by atoms with Gasteiger partial charge in [-0.2, -0.15) is 10.2 Å². The van der Waals surface area contributed by atoms with Gasteiger partial charge in [0.15, 0.2) is 0 Å². The number of nitrogens with one attached hydrogen (secondary N) is 1. The van der Waals surface area contributed by atoms with Crippen molar-refractivity contribution in [2.24, 2.45) is 0 Å². The van der Waals surface area contributed by atoms with Crippen molar-refractivity contribution in [3.05, 3.63) is 53.1 Å². The van der Waals surface area contributed by atoms with Crippen LogP contribution in [0, 0.1) is 11.3 Å². The molecule has 0 fully saturated rings. The molecule has 0 radical (unpaired) electrons. The number of fused-ring (bicyclic) bond motifs is 1. The Morgan fingerprint density at radius 3 is 2.91 bits per heavy atom. The van der Waals surface area contributed by atoms with E-state index in [1.807, 2.05) is 32.0 Å². The third kappa shape index (κ3) is 5.28. The van der Waals surface area contributed by atoms with Crippen molar-refractivity contribution in [1.82, 2.24) is 15.5 Å². The number of hydrogen-bond acceptors (Lipinski definition) is 8. The SMILES string of the molecule is CC(C)Oc1ccc(-c2nc(-c3cccc4c3CCC4NCCCC(O)CO)no2)cc1C#N. The second kappa shape index (κ2) is 10.8. The van der Waals surface area contributed by atoms with E-state index < -0.39 is 6.10 Å². The Morgan fingerprint density at radius 1 is 1.29 bits per heavy atom. The summed E-state index contributed by atoms with van der Waals surface area (Å²) in [5, 5.41) is 35.7. The molecule has 0 saturated heterocycles. The molecule has 0 saturated carbocycles. The zero-order valence-corrected chi connectivity index (χ0v) is 19.5. The van der Waals surface area contributed by atoms with Crippen molar-refractivity contribution in [1.29, 1.82) is 5.26 Å². The lowest BCUT2D eigenvalue weighted by Crippen LogP contribution is -2.22. The molecule has 0 aliphatic heterocycles. The number of ether oxygens (including phenoxy) is 1. The number of aromatic nitrogens is 2. The van der Waals surface area contributed by atoms with Gasteiger partial charge in [0.2, 0.25) is 5.82 Å². The molecule has 0 amide bonds. The van der Waals surface area contributed by atoms with E-state index in [1.165, 1.54) is 11.1 Å². The monoisotopic (exact) mass is 462 g/mol. The number of aliphatic hydroxyl groups excluding tert-OH is 2. The first-order valence-electron chi connectivity index (χ1n) is 11.7. The van der Waals surface area contributed by atoms with E-state index >= 15 is 0 Å². The van der Waals surface area contributed by atoms with Crippen LogP contribution in [-0.4, -0.2) is 45.7 Å². The Morgan fingerprint density at radius 2 is 2.15 bits per heavy atom. The second-order valence-corrected chi connectivity index (χ2v) is 8.81. The van der Waals surface area contributed by atoms with Crippen LogP contribution in [0.4, 0.5) is 0 Å². The Labute approximate surface area is 199 Å². The molecule has 34 heavy (non-hydrogen) atoms. The summed E-state index contributed by atoms with van der Waals surface area (Å²) < 4.78 is 11.2. The van der Waals surface area contributed by atoms with Crippen molar-refractivity contribution in [3.8, 4) is 34.7 Å². The smallest absolute Gasteiger partial charge is 0.258 e. The van der Waals surface area contributed by atoms with Crippen molar-refractivity contribution < 1.29 is 19.5 Å². The molecule has 2 unspecified atom stereocenters. The third-order valence-electron chi connectivity index (χ3n) is 5.96. The quantitative estimate of drug-likeness (QED) is 0.389. The first kappa shape index (κ1) is 23.9. The zero-order valence-electron chi connectivity index (χ0n) is 19.5. The Kier molecular flexibility index (Phi) is 7.58. The number of hydrogen-bond donors (Lipinski definition) is 3. The van der Waals surface area contributed by atoms with Crippen LogP contribution < -0.4 is 10.1 Å². The Hall–Kier alpha value is -3.25. The van der Waals surface area contributed by atoms with Crippen molar-refractivity contribution in [3.63, 3.8) is 0 Å². The van der Waals surface area contributed by atoms with Gasteiger partial charge < -0.3 is 24.8 Å². The van der Waals surface area contributed by atoms with Crippen molar-refractivity contribution in [2.75, 3.05) is 13.2 Å². The van der Waals surface area contributed by atoms with Crippen LogP contribution in [0.3, 0.4) is 0 Å². The largest absolute Gasteiger partial charge is 0.490 e. The molecule has 3 N–H and O–H groups in total. The van der Waals surface area contributed by atoms with E-state index in [2.05, 4.69) is 27.6 Å². The van der Waals surface area contributed by atoms with Gasteiger partial charge in [-0.05, 0) is 75.4 Å². The fourth-order valence-corrected chi connectivity index (χ4v) is 4.34. The molecule has 1 heterocycles. The van der Waals surface area contributed by atoms with Gasteiger partial charge in [0, 0.05) is 17.2 Å². The van der Waals surface area contributed by atoms with Crippen molar-refractivity contribution in [2.45, 2.75) is 57.8 Å². The first-order valence-corrected chi connectivity index (χ1v) is 11.7. The van der Waals surface area contributed by atoms with Gasteiger partial charge in [-0.3, -0.25) is 0 Å². The summed E-state index contributed by atoms with van der Waals surface area (Å²) in [7, 11) is 0. The van der Waals surface area contributed by atoms with Gasteiger partial charge in [-0.1, -0.05) is 23.4 Å². The van der Waals surface area contributed by atoms with Crippen LogP contribution in [0.2, 0.25) is 0 Å². The highest BCUT2D eigenvalue weighted by atomic mass is 16.5. The summed E-state index contributed by atoms with van der Waals surface area (Å²) in [4.78, 5) is 4.62. The van der Waals surface area contributed by atoms with E-state index in [0.717, 1.165) is 31.4 Å². The molecular formula is C26H30N4O4. The molecule has 8 heteroatoms. The summed E-state index contributed by atoms with van der Waals surface area (Å²) in [5.41, 5.74) is 4.48. The molecule has 178 valence electrons. The standard InChI is InChI=1S/C26H30N4O4/c1-16(2)33-24-11-8-17(13-18(24)14-27)26-29-25(30-34-26)22-7-3-6-21-20(22)9-10-23(21)28-12-4-5-19(32)15-31/h3,6-8,11,13,16,19,23,28,31-32H,4-5,9-10,12,15H2,1-2H3. The molecule has 8 nitrogen and oxygen atoms in total. The predicted molar refractivity (Wildman–Crippen MR) is 127 cm³/mol. The van der Waals surface area contributed by atoms with E-state index in [9.17, 15) is 10.4 Å². The molecule has 1 aromatic heterocycles. The van der Waals surface area contributed by atoms with Gasteiger partial charge in [-0.25, -0.2) is 0 Å². The molecule has 0 spiro atoms. The number of rotatable bonds is 10. The van der Waals surface area contributed by atoms with E-state index in [1.54, 1.807) is 12.1 Å². The summed E-state index contributed by atoms with van der Waals surface area (Å²) in [5.74, 6) is 1.42. The van der Waals surface area contributed by atoms with Crippen LogP contribution >= 0.6 is 0 Å². The average molecular weight is 463 g/mol. The normalized spacial score (nSPS) is 15.8. The van der Waals surface area contributed by atoms with E-state index in [0.29, 0.717) is 35.0 Å². The number of aliphatic hydroxyl groups is 2. The first-order chi connectivity index (χ1) is 16.5. The lowest BCUT2D eigenvalue weighted by Gasteiger charge is -2.15. The topological polar surface area (TPSA) is 124 Å². The average Bonchev–Trinajstić information content (AvgIpc) is 3.49. The van der Waals surface area contributed by atoms with Gasteiger partial charge in [0.1, 0.15) is 11.8 Å². The molecule has 2 atom stereocenters. The fourth-order valence-electron chi connectivity index (χ4n) is 4.34. The maximum Gasteiger partial charge on any atom is 0.258 e. The maximum atomic E-state index is 9.51. The molecule has 3 aromatic rings. The maximum absolute atomic E-state index is 9.51. The fraction of sp³-hybridized carbons (Fsp3) is 0.423. The molecule has 1 aliphatic rings. The second-order valence-electron chi connectivity index (χ2n) is 8.81. The molecule has 0 bridgehead atoms. The molecule has 1 aliphatic carbocycles. The van der Waals surface area contributed by atoms with Crippen LogP contribution in [0.5, 0.6) is 5.75 Å². The predicted octanol–water partition coefficient (Wildman–Crippen LogP) is 3.77. The summed E-state index contributed by atoms with van der Waals surface area (Å²) in [6, 6.07) is 13.8. The summed E-state index contributed by atoms with van der Waals surface area (Å²) in [6.07, 6.45) is 2.58. The summed E-state index contributed by atoms with van der Waals surface area (Å²) >= 11 is 0. The third-order valence-corrected chi connectivity index (χ3v) is 5.96. The minimum atomic E-state index is -0.653. The van der Waals surface area contributed by atoms with Gasteiger partial charge in [0.25, 0.3) is 5.89 Å². The minimum absolute atomic E-state index is 0.0291. The number of nitriles is 1. The van der Waals surface area contributed by atoms with Crippen LogP contribution in [0.1, 0.15) is 55.8 Å². The Bertz CT molecular complexity index is 1170. The van der Waals surface area contributed by atoms with Gasteiger partial charge >= 0.3 is 0 Å². The van der Waals surface area contributed by atoms with Crippen LogP contribution in [0.15, 0.2) is 40.9 Å².